The minimum Gasteiger partial charge on any atom is -0.493 e. The zero-order valence-electron chi connectivity index (χ0n) is 10.6. The van der Waals surface area contributed by atoms with E-state index in [-0.39, 0.29) is 5.78 Å². The minimum absolute atomic E-state index is 0.221. The number of hydrogen-bond acceptors (Lipinski definition) is 4. The number of benzene rings is 1. The number of methoxy groups -OCH3 is 2. The Morgan fingerprint density at radius 3 is 2.53 bits per heavy atom. The van der Waals surface area contributed by atoms with Gasteiger partial charge in [0.05, 0.1) is 14.2 Å². The Hall–Kier alpha value is -1.71. The molecule has 0 spiro atoms. The Labute approximate surface area is 102 Å². The van der Waals surface area contributed by atoms with Gasteiger partial charge in [-0.25, -0.2) is 0 Å². The Morgan fingerprint density at radius 2 is 1.94 bits per heavy atom. The first-order valence-electron chi connectivity index (χ1n) is 5.62. The van der Waals surface area contributed by atoms with Gasteiger partial charge < -0.3 is 19.6 Å². The maximum Gasteiger partial charge on any atom is 0.162 e. The third kappa shape index (κ3) is 4.34. The first-order chi connectivity index (χ1) is 8.17. The van der Waals surface area contributed by atoms with Crippen molar-refractivity contribution in [2.45, 2.75) is 19.8 Å². The SMILES string of the molecule is COc1ccc(NCCCC(C)=O)cc1OC. The maximum absolute atomic E-state index is 10.8. The first-order valence-corrected chi connectivity index (χ1v) is 5.62. The summed E-state index contributed by atoms with van der Waals surface area (Å²) in [4.78, 5) is 10.8. The highest BCUT2D eigenvalue weighted by Crippen LogP contribution is 2.29. The summed E-state index contributed by atoms with van der Waals surface area (Å²) in [6.45, 7) is 2.38. The molecule has 0 aromatic heterocycles. The van der Waals surface area contributed by atoms with E-state index in [1.165, 1.54) is 0 Å². The number of carbonyl (C=O) groups is 1. The molecule has 0 heterocycles. The van der Waals surface area contributed by atoms with E-state index in [0.717, 1.165) is 18.7 Å². The van der Waals surface area contributed by atoms with Crippen molar-refractivity contribution in [3.63, 3.8) is 0 Å². The number of hydrogen-bond donors (Lipinski definition) is 1. The molecule has 0 saturated carbocycles. The van der Waals surface area contributed by atoms with E-state index in [9.17, 15) is 4.79 Å². The molecule has 0 atom stereocenters. The van der Waals surface area contributed by atoms with E-state index in [1.54, 1.807) is 21.1 Å². The third-order valence-corrected chi connectivity index (χ3v) is 2.42. The molecule has 0 saturated heterocycles. The van der Waals surface area contributed by atoms with Crippen LogP contribution in [0.15, 0.2) is 18.2 Å². The number of ketones is 1. The average Bonchev–Trinajstić information content (AvgIpc) is 2.34. The fraction of sp³-hybridized carbons (Fsp3) is 0.462. The number of ether oxygens (including phenoxy) is 2. The lowest BCUT2D eigenvalue weighted by atomic mass is 10.2. The third-order valence-electron chi connectivity index (χ3n) is 2.42. The molecular formula is C13H19NO3. The lowest BCUT2D eigenvalue weighted by Crippen LogP contribution is -2.04. The molecule has 1 aromatic rings. The van der Waals surface area contributed by atoms with E-state index in [2.05, 4.69) is 5.32 Å². The van der Waals surface area contributed by atoms with Crippen molar-refractivity contribution in [3.05, 3.63) is 18.2 Å². The molecule has 0 amide bonds. The summed E-state index contributed by atoms with van der Waals surface area (Å²) >= 11 is 0. The number of Topliss-reactive ketones (excluding diaryl/α,β-unsaturated/α-hetero) is 1. The molecule has 4 heteroatoms. The van der Waals surface area contributed by atoms with Gasteiger partial charge in [0.2, 0.25) is 0 Å². The minimum atomic E-state index is 0.221. The van der Waals surface area contributed by atoms with Gasteiger partial charge in [0.15, 0.2) is 11.5 Å². The van der Waals surface area contributed by atoms with Gasteiger partial charge in [-0.2, -0.15) is 0 Å². The summed E-state index contributed by atoms with van der Waals surface area (Å²) < 4.78 is 10.4. The highest BCUT2D eigenvalue weighted by molar-refractivity contribution is 5.75. The number of rotatable bonds is 7. The van der Waals surface area contributed by atoms with Crippen LogP contribution in [0.25, 0.3) is 0 Å². The second-order valence-corrected chi connectivity index (χ2v) is 3.80. The number of nitrogens with one attached hydrogen (secondary N) is 1. The second-order valence-electron chi connectivity index (χ2n) is 3.80. The summed E-state index contributed by atoms with van der Waals surface area (Å²) in [6, 6.07) is 5.66. The Morgan fingerprint density at radius 1 is 1.24 bits per heavy atom. The normalized spacial score (nSPS) is 9.82. The standard InChI is InChI=1S/C13H19NO3/c1-10(15)5-4-8-14-11-6-7-12(16-2)13(9-11)17-3/h6-7,9,14H,4-5,8H2,1-3H3. The Bertz CT molecular complexity index is 377. The van der Waals surface area contributed by atoms with Gasteiger partial charge in [-0.05, 0) is 25.5 Å². The molecule has 0 unspecified atom stereocenters. The van der Waals surface area contributed by atoms with Crippen molar-refractivity contribution >= 4 is 11.5 Å². The molecule has 1 rings (SSSR count). The monoisotopic (exact) mass is 237 g/mol. The number of carbonyl (C=O) groups excluding carboxylic acids is 1. The van der Waals surface area contributed by atoms with Crippen molar-refractivity contribution in [1.29, 1.82) is 0 Å². The lowest BCUT2D eigenvalue weighted by molar-refractivity contribution is -0.117. The fourth-order valence-corrected chi connectivity index (χ4v) is 1.52. The van der Waals surface area contributed by atoms with E-state index < -0.39 is 0 Å². The van der Waals surface area contributed by atoms with Crippen LogP contribution in [0.4, 0.5) is 5.69 Å². The van der Waals surface area contributed by atoms with Crippen molar-refractivity contribution in [2.75, 3.05) is 26.1 Å². The van der Waals surface area contributed by atoms with Crippen LogP contribution in [0.2, 0.25) is 0 Å². The summed E-state index contributed by atoms with van der Waals surface area (Å²) in [7, 11) is 3.22. The van der Waals surface area contributed by atoms with Gasteiger partial charge in [0.1, 0.15) is 5.78 Å². The molecule has 0 aliphatic carbocycles. The molecule has 17 heavy (non-hydrogen) atoms. The van der Waals surface area contributed by atoms with E-state index in [4.69, 9.17) is 9.47 Å². The molecule has 0 fully saturated rings. The summed E-state index contributed by atoms with van der Waals surface area (Å²) in [5.41, 5.74) is 0.964. The highest BCUT2D eigenvalue weighted by atomic mass is 16.5. The van der Waals surface area contributed by atoms with Crippen LogP contribution in [0.1, 0.15) is 19.8 Å². The quantitative estimate of drug-likeness (QED) is 0.740. The van der Waals surface area contributed by atoms with E-state index in [1.807, 2.05) is 18.2 Å². The van der Waals surface area contributed by atoms with Gasteiger partial charge in [-0.15, -0.1) is 0 Å². The van der Waals surface area contributed by atoms with E-state index >= 15 is 0 Å². The van der Waals surface area contributed by atoms with Crippen LogP contribution in [-0.4, -0.2) is 26.5 Å². The summed E-state index contributed by atoms with van der Waals surface area (Å²) in [5, 5.41) is 3.24. The topological polar surface area (TPSA) is 47.6 Å². The van der Waals surface area contributed by atoms with Crippen LogP contribution >= 0.6 is 0 Å². The molecule has 0 aliphatic heterocycles. The molecule has 94 valence electrons. The first kappa shape index (κ1) is 13.4. The van der Waals surface area contributed by atoms with Gasteiger partial charge in [0, 0.05) is 24.7 Å². The zero-order chi connectivity index (χ0) is 12.7. The van der Waals surface area contributed by atoms with Crippen molar-refractivity contribution in [2.24, 2.45) is 0 Å². The van der Waals surface area contributed by atoms with Gasteiger partial charge >= 0.3 is 0 Å². The Balaban J connectivity index is 2.51. The molecule has 1 aromatic carbocycles. The lowest BCUT2D eigenvalue weighted by Gasteiger charge is -2.10. The van der Waals surface area contributed by atoms with Crippen LogP contribution in [0.5, 0.6) is 11.5 Å². The number of anilines is 1. The van der Waals surface area contributed by atoms with Gasteiger partial charge in [-0.1, -0.05) is 0 Å². The molecular weight excluding hydrogens is 218 g/mol. The van der Waals surface area contributed by atoms with Crippen LogP contribution in [0, 0.1) is 0 Å². The fourth-order valence-electron chi connectivity index (χ4n) is 1.52. The largest absolute Gasteiger partial charge is 0.493 e. The molecule has 0 radical (unpaired) electrons. The van der Waals surface area contributed by atoms with Crippen LogP contribution < -0.4 is 14.8 Å². The molecule has 4 nitrogen and oxygen atoms in total. The average molecular weight is 237 g/mol. The van der Waals surface area contributed by atoms with Crippen molar-refractivity contribution in [3.8, 4) is 11.5 Å². The smallest absolute Gasteiger partial charge is 0.162 e. The van der Waals surface area contributed by atoms with Crippen LogP contribution in [0.3, 0.4) is 0 Å². The molecule has 0 bridgehead atoms. The Kier molecular flexibility index (Phi) is 5.33. The predicted molar refractivity (Wildman–Crippen MR) is 68.0 cm³/mol. The van der Waals surface area contributed by atoms with E-state index in [0.29, 0.717) is 17.9 Å². The summed E-state index contributed by atoms with van der Waals surface area (Å²) in [5.74, 6) is 1.63. The van der Waals surface area contributed by atoms with Crippen molar-refractivity contribution < 1.29 is 14.3 Å². The maximum atomic E-state index is 10.8. The van der Waals surface area contributed by atoms with Gasteiger partial charge in [0.25, 0.3) is 0 Å². The predicted octanol–water partition coefficient (Wildman–Crippen LogP) is 2.48. The van der Waals surface area contributed by atoms with Gasteiger partial charge in [-0.3, -0.25) is 0 Å². The highest BCUT2D eigenvalue weighted by Gasteiger charge is 2.03. The molecule has 0 aliphatic rings. The summed E-state index contributed by atoms with van der Waals surface area (Å²) in [6.07, 6.45) is 1.45. The van der Waals surface area contributed by atoms with Crippen LogP contribution in [-0.2, 0) is 4.79 Å². The molecule has 1 N–H and O–H groups in total. The van der Waals surface area contributed by atoms with Crippen molar-refractivity contribution in [1.82, 2.24) is 0 Å². The zero-order valence-corrected chi connectivity index (χ0v) is 10.6. The second kappa shape index (κ2) is 6.78.